The summed E-state index contributed by atoms with van der Waals surface area (Å²) in [6, 6.07) is 14.2. The first-order chi connectivity index (χ1) is 15.4. The Bertz CT molecular complexity index is 1180. The van der Waals surface area contributed by atoms with Crippen molar-refractivity contribution in [2.24, 2.45) is 0 Å². The first-order valence-electron chi connectivity index (χ1n) is 10.8. The lowest BCUT2D eigenvalue weighted by molar-refractivity contribution is 0.0652. The third-order valence-corrected chi connectivity index (χ3v) is 5.83. The van der Waals surface area contributed by atoms with Crippen molar-refractivity contribution in [3.05, 3.63) is 82.7 Å². The van der Waals surface area contributed by atoms with Crippen LogP contribution in [0.15, 0.2) is 54.7 Å². The molecule has 0 saturated heterocycles. The zero-order chi connectivity index (χ0) is 22.8. The third-order valence-electron chi connectivity index (χ3n) is 5.83. The van der Waals surface area contributed by atoms with Gasteiger partial charge in [0.05, 0.1) is 29.1 Å². The summed E-state index contributed by atoms with van der Waals surface area (Å²) < 4.78 is 1.84. The second kappa shape index (κ2) is 8.78. The number of para-hydroxylation sites is 1. The monoisotopic (exact) mass is 430 g/mol. The Morgan fingerprint density at radius 2 is 1.78 bits per heavy atom. The Balaban J connectivity index is 1.51. The molecule has 0 spiro atoms. The molecule has 2 aromatic carbocycles. The fourth-order valence-electron chi connectivity index (χ4n) is 3.99. The topological polar surface area (TPSA) is 84.3 Å². The van der Waals surface area contributed by atoms with Gasteiger partial charge in [-0.1, -0.05) is 31.5 Å². The molecule has 1 aromatic heterocycles. The summed E-state index contributed by atoms with van der Waals surface area (Å²) in [5.41, 5.74) is 3.78. The molecular formula is C25H26N4O3. The Kier molecular flexibility index (Phi) is 5.90. The lowest BCUT2D eigenvalue weighted by Crippen LogP contribution is -2.30. The first kappa shape index (κ1) is 21.5. The van der Waals surface area contributed by atoms with Gasteiger partial charge in [-0.05, 0) is 50.6 Å². The van der Waals surface area contributed by atoms with E-state index in [0.29, 0.717) is 23.2 Å². The van der Waals surface area contributed by atoms with Crippen molar-refractivity contribution in [3.63, 3.8) is 0 Å². The highest BCUT2D eigenvalue weighted by Gasteiger charge is 2.35. The van der Waals surface area contributed by atoms with Crippen LogP contribution in [0.3, 0.4) is 0 Å². The average Bonchev–Trinajstić information content (AvgIpc) is 3.30. The summed E-state index contributed by atoms with van der Waals surface area (Å²) in [4.78, 5) is 39.4. The summed E-state index contributed by atoms with van der Waals surface area (Å²) in [7, 11) is 0. The van der Waals surface area contributed by atoms with E-state index in [-0.39, 0.29) is 23.8 Å². The molecule has 0 bridgehead atoms. The summed E-state index contributed by atoms with van der Waals surface area (Å²) in [6.45, 7) is 6.26. The highest BCUT2D eigenvalue weighted by Crippen LogP contribution is 2.25. The zero-order valence-corrected chi connectivity index (χ0v) is 18.5. The molecule has 1 unspecified atom stereocenters. The first-order valence-corrected chi connectivity index (χ1v) is 10.8. The number of amides is 3. The number of carbonyl (C=O) groups excluding carboxylic acids is 3. The van der Waals surface area contributed by atoms with Gasteiger partial charge in [-0.15, -0.1) is 0 Å². The fraction of sp³-hybridized carbons (Fsp3) is 0.280. The van der Waals surface area contributed by atoms with E-state index in [4.69, 9.17) is 0 Å². The number of nitrogens with zero attached hydrogens (tertiary/aromatic N) is 3. The van der Waals surface area contributed by atoms with Crippen molar-refractivity contribution in [2.75, 3.05) is 6.54 Å². The minimum Gasteiger partial charge on any atom is -0.345 e. The fourth-order valence-corrected chi connectivity index (χ4v) is 3.99. The molecule has 2 heterocycles. The maximum absolute atomic E-state index is 12.9. The van der Waals surface area contributed by atoms with Crippen molar-refractivity contribution in [1.82, 2.24) is 20.0 Å². The van der Waals surface area contributed by atoms with Gasteiger partial charge in [0.2, 0.25) is 0 Å². The van der Waals surface area contributed by atoms with E-state index in [0.717, 1.165) is 29.8 Å². The molecule has 164 valence electrons. The molecule has 7 heteroatoms. The number of unbranched alkanes of at least 4 members (excludes halogenated alkanes) is 1. The van der Waals surface area contributed by atoms with Crippen LogP contribution in [0.1, 0.15) is 75.1 Å². The predicted molar refractivity (Wildman–Crippen MR) is 121 cm³/mol. The number of fused-ring (bicyclic) bond motifs is 1. The van der Waals surface area contributed by atoms with Gasteiger partial charge in [-0.3, -0.25) is 19.3 Å². The number of hydrogen-bond acceptors (Lipinski definition) is 4. The van der Waals surface area contributed by atoms with E-state index >= 15 is 0 Å². The Labute approximate surface area is 187 Å². The zero-order valence-electron chi connectivity index (χ0n) is 18.5. The quantitative estimate of drug-likeness (QED) is 0.573. The van der Waals surface area contributed by atoms with Crippen molar-refractivity contribution >= 4 is 17.7 Å². The summed E-state index contributed by atoms with van der Waals surface area (Å²) in [6.07, 6.45) is 3.40. The van der Waals surface area contributed by atoms with Crippen LogP contribution < -0.4 is 5.32 Å². The molecule has 1 N–H and O–H groups in total. The number of aromatic nitrogens is 2. The standard InChI is InChI=1S/C25H26N4O3/c1-4-5-13-28-24(31)20-12-11-18(14-21(20)25(28)32)23(30)27-16(2)22-15-26-29(17(22)3)19-9-7-6-8-10-19/h6-12,14-16H,4-5,13H2,1-3H3,(H,27,30). The van der Waals surface area contributed by atoms with Gasteiger partial charge in [0, 0.05) is 23.4 Å². The molecule has 1 atom stereocenters. The molecule has 0 saturated carbocycles. The van der Waals surface area contributed by atoms with Gasteiger partial charge < -0.3 is 5.32 Å². The van der Waals surface area contributed by atoms with Crippen molar-refractivity contribution in [3.8, 4) is 5.69 Å². The third kappa shape index (κ3) is 3.82. The average molecular weight is 431 g/mol. The van der Waals surface area contributed by atoms with Crippen LogP contribution in [-0.4, -0.2) is 38.9 Å². The predicted octanol–water partition coefficient (Wildman–Crippen LogP) is 4.07. The number of rotatable bonds is 7. The molecule has 1 aliphatic heterocycles. The van der Waals surface area contributed by atoms with E-state index in [1.165, 1.54) is 11.0 Å². The van der Waals surface area contributed by atoms with Crippen LogP contribution >= 0.6 is 0 Å². The second-order valence-corrected chi connectivity index (χ2v) is 8.00. The molecule has 4 rings (SSSR count). The smallest absolute Gasteiger partial charge is 0.261 e. The van der Waals surface area contributed by atoms with Crippen LogP contribution in [0.25, 0.3) is 5.69 Å². The number of benzene rings is 2. The number of imide groups is 1. The lowest BCUT2D eigenvalue weighted by Gasteiger charge is -2.14. The molecule has 3 amide bonds. The number of nitrogens with one attached hydrogen (secondary N) is 1. The largest absolute Gasteiger partial charge is 0.345 e. The molecule has 1 aliphatic rings. The van der Waals surface area contributed by atoms with Gasteiger partial charge in [0.1, 0.15) is 0 Å². The van der Waals surface area contributed by atoms with Gasteiger partial charge >= 0.3 is 0 Å². The summed E-state index contributed by atoms with van der Waals surface area (Å²) >= 11 is 0. The molecule has 3 aromatic rings. The van der Waals surface area contributed by atoms with Crippen molar-refractivity contribution < 1.29 is 14.4 Å². The Hall–Kier alpha value is -3.74. The highest BCUT2D eigenvalue weighted by molar-refractivity contribution is 6.22. The minimum atomic E-state index is -0.332. The van der Waals surface area contributed by atoms with E-state index in [2.05, 4.69) is 10.4 Å². The maximum Gasteiger partial charge on any atom is 0.261 e. The minimum absolute atomic E-state index is 0.286. The van der Waals surface area contributed by atoms with E-state index < -0.39 is 0 Å². The van der Waals surface area contributed by atoms with Gasteiger partial charge in [0.25, 0.3) is 17.7 Å². The Morgan fingerprint density at radius 3 is 2.50 bits per heavy atom. The van der Waals surface area contributed by atoms with Crippen LogP contribution in [0, 0.1) is 6.92 Å². The van der Waals surface area contributed by atoms with E-state index in [1.54, 1.807) is 18.3 Å². The summed E-state index contributed by atoms with van der Waals surface area (Å²) in [5, 5.41) is 7.44. The van der Waals surface area contributed by atoms with E-state index in [1.807, 2.05) is 55.8 Å². The van der Waals surface area contributed by atoms with Crippen LogP contribution in [-0.2, 0) is 0 Å². The van der Waals surface area contributed by atoms with Gasteiger partial charge in [0.15, 0.2) is 0 Å². The van der Waals surface area contributed by atoms with Crippen molar-refractivity contribution in [2.45, 2.75) is 39.7 Å². The summed E-state index contributed by atoms with van der Waals surface area (Å²) in [5.74, 6) is -0.928. The van der Waals surface area contributed by atoms with E-state index in [9.17, 15) is 14.4 Å². The van der Waals surface area contributed by atoms with Crippen LogP contribution in [0.2, 0.25) is 0 Å². The molecule has 0 aliphatic carbocycles. The molecule has 32 heavy (non-hydrogen) atoms. The van der Waals surface area contributed by atoms with Gasteiger partial charge in [-0.25, -0.2) is 4.68 Å². The molecule has 0 radical (unpaired) electrons. The number of hydrogen-bond donors (Lipinski definition) is 1. The lowest BCUT2D eigenvalue weighted by atomic mass is 10.0. The van der Waals surface area contributed by atoms with Gasteiger partial charge in [-0.2, -0.15) is 5.10 Å². The highest BCUT2D eigenvalue weighted by atomic mass is 16.2. The van der Waals surface area contributed by atoms with Crippen molar-refractivity contribution in [1.29, 1.82) is 0 Å². The van der Waals surface area contributed by atoms with Crippen LogP contribution in [0.5, 0.6) is 0 Å². The number of carbonyl (C=O) groups is 3. The SMILES string of the molecule is CCCCN1C(=O)c2ccc(C(=O)NC(C)c3cnn(-c4ccccc4)c3C)cc2C1=O. The maximum atomic E-state index is 12.9. The molecular weight excluding hydrogens is 404 g/mol. The Morgan fingerprint density at radius 1 is 1.06 bits per heavy atom. The second-order valence-electron chi connectivity index (χ2n) is 8.00. The normalized spacial score (nSPS) is 13.9. The van der Waals surface area contributed by atoms with Crippen LogP contribution in [0.4, 0.5) is 0 Å². The molecule has 0 fully saturated rings. The molecule has 7 nitrogen and oxygen atoms in total.